The van der Waals surface area contributed by atoms with E-state index in [0.29, 0.717) is 38.2 Å². The molecule has 1 fully saturated rings. The van der Waals surface area contributed by atoms with E-state index < -0.39 is 5.60 Å². The summed E-state index contributed by atoms with van der Waals surface area (Å²) in [7, 11) is 1.88. The molecule has 3 heterocycles. The summed E-state index contributed by atoms with van der Waals surface area (Å²) in [6, 6.07) is 13.4. The monoisotopic (exact) mass is 572 g/mol. The molecule has 0 saturated carbocycles. The van der Waals surface area contributed by atoms with Crippen molar-refractivity contribution in [2.24, 2.45) is 13.0 Å². The van der Waals surface area contributed by atoms with Gasteiger partial charge in [0.2, 0.25) is 5.91 Å². The Balaban J connectivity index is 1.17. The maximum atomic E-state index is 13.8. The third kappa shape index (κ3) is 6.58. The van der Waals surface area contributed by atoms with E-state index in [1.165, 1.54) is 0 Å². The number of hydrogen-bond acceptors (Lipinski definition) is 6. The van der Waals surface area contributed by atoms with Crippen LogP contribution in [0.15, 0.2) is 48.7 Å². The summed E-state index contributed by atoms with van der Waals surface area (Å²) in [6.07, 6.45) is 3.48. The van der Waals surface area contributed by atoms with Crippen molar-refractivity contribution in [2.45, 2.75) is 65.6 Å². The quantitative estimate of drug-likeness (QED) is 0.430. The average Bonchev–Trinajstić information content (AvgIpc) is 3.19. The molecule has 0 atom stereocenters. The molecule has 10 nitrogen and oxygen atoms in total. The minimum Gasteiger partial charge on any atom is -0.444 e. The Hall–Kier alpha value is -4.34. The van der Waals surface area contributed by atoms with E-state index in [1.807, 2.05) is 77.2 Å². The first-order valence-electron chi connectivity index (χ1n) is 14.5. The van der Waals surface area contributed by atoms with Gasteiger partial charge in [0.15, 0.2) is 0 Å². The average molecular weight is 573 g/mol. The van der Waals surface area contributed by atoms with Crippen LogP contribution >= 0.6 is 0 Å². The molecule has 0 bridgehead atoms. The molecule has 222 valence electrons. The van der Waals surface area contributed by atoms with E-state index >= 15 is 0 Å². The summed E-state index contributed by atoms with van der Waals surface area (Å²) >= 11 is 0. The van der Waals surface area contributed by atoms with Gasteiger partial charge >= 0.3 is 6.09 Å². The molecule has 2 N–H and O–H groups in total. The highest BCUT2D eigenvalue weighted by Crippen LogP contribution is 2.36. The van der Waals surface area contributed by atoms with Crippen LogP contribution in [-0.2, 0) is 29.7 Å². The van der Waals surface area contributed by atoms with Crippen molar-refractivity contribution in [1.82, 2.24) is 20.0 Å². The molecule has 2 aliphatic rings. The number of amides is 3. The lowest BCUT2D eigenvalue weighted by molar-refractivity contribution is -0.122. The maximum Gasteiger partial charge on any atom is 0.410 e. The molecule has 3 aromatic rings. The number of ether oxygens (including phenoxy) is 1. The van der Waals surface area contributed by atoms with E-state index in [9.17, 15) is 14.4 Å². The second-order valence-electron chi connectivity index (χ2n) is 12.2. The van der Waals surface area contributed by atoms with Gasteiger partial charge in [-0.2, -0.15) is 5.10 Å². The van der Waals surface area contributed by atoms with Crippen LogP contribution in [0.1, 0.15) is 67.1 Å². The fourth-order valence-electron chi connectivity index (χ4n) is 5.50. The van der Waals surface area contributed by atoms with Gasteiger partial charge in [-0.25, -0.2) is 4.79 Å². The van der Waals surface area contributed by atoms with Crippen molar-refractivity contribution in [3.05, 3.63) is 70.9 Å². The number of anilines is 3. The number of carbonyl (C=O) groups is 3. The van der Waals surface area contributed by atoms with Crippen molar-refractivity contribution in [3.8, 4) is 0 Å². The Bertz CT molecular complexity index is 1480. The Morgan fingerprint density at radius 2 is 1.83 bits per heavy atom. The lowest BCUT2D eigenvalue weighted by Gasteiger charge is -2.33. The number of hydrogen-bond donors (Lipinski definition) is 2. The maximum absolute atomic E-state index is 13.8. The van der Waals surface area contributed by atoms with Crippen LogP contribution in [0.2, 0.25) is 0 Å². The van der Waals surface area contributed by atoms with Crippen LogP contribution in [0.4, 0.5) is 22.0 Å². The molecular weight excluding hydrogens is 532 g/mol. The number of benzene rings is 2. The first kappa shape index (κ1) is 29.2. The fourth-order valence-corrected chi connectivity index (χ4v) is 5.50. The molecular formula is C32H40N6O4. The standard InChI is InChI=1S/C32H40N6O4/c1-21-16-23(30(40)38-20-25-19-34-36(5)29(25)35-26-8-6-7-9-27(26)38)10-11-24(21)18-33-28(39)17-22-12-14-37(15-13-22)31(41)42-32(2,3)4/h6-11,16,19,22,35H,12-15,17-18,20H2,1-5H3,(H,33,39). The third-order valence-corrected chi connectivity index (χ3v) is 7.84. The van der Waals surface area contributed by atoms with Crippen molar-refractivity contribution < 1.29 is 19.1 Å². The molecule has 5 rings (SSSR count). The molecule has 10 heteroatoms. The van der Waals surface area contributed by atoms with Gasteiger partial charge in [0.25, 0.3) is 5.91 Å². The molecule has 2 aliphatic heterocycles. The summed E-state index contributed by atoms with van der Waals surface area (Å²) < 4.78 is 7.24. The molecule has 1 saturated heterocycles. The van der Waals surface area contributed by atoms with E-state index in [4.69, 9.17) is 4.74 Å². The summed E-state index contributed by atoms with van der Waals surface area (Å²) in [5.74, 6) is 0.994. The Kier molecular flexibility index (Phi) is 8.24. The van der Waals surface area contributed by atoms with E-state index in [-0.39, 0.29) is 23.8 Å². The highest BCUT2D eigenvalue weighted by atomic mass is 16.6. The summed E-state index contributed by atoms with van der Waals surface area (Å²) in [5, 5.41) is 10.8. The lowest BCUT2D eigenvalue weighted by Crippen LogP contribution is -2.42. The largest absolute Gasteiger partial charge is 0.444 e. The molecule has 2 aromatic carbocycles. The van der Waals surface area contributed by atoms with Crippen LogP contribution < -0.4 is 15.5 Å². The van der Waals surface area contributed by atoms with Crippen LogP contribution in [-0.4, -0.2) is 51.3 Å². The van der Waals surface area contributed by atoms with Gasteiger partial charge in [0.1, 0.15) is 11.4 Å². The van der Waals surface area contributed by atoms with Crippen molar-refractivity contribution >= 4 is 35.1 Å². The topological polar surface area (TPSA) is 109 Å². The van der Waals surface area contributed by atoms with Crippen molar-refractivity contribution in [1.29, 1.82) is 0 Å². The van der Waals surface area contributed by atoms with Gasteiger partial charge in [0, 0.05) is 44.2 Å². The minimum absolute atomic E-state index is 0.00813. The number of aryl methyl sites for hydroxylation is 2. The normalized spacial score (nSPS) is 15.3. The highest BCUT2D eigenvalue weighted by molar-refractivity contribution is 6.08. The number of rotatable bonds is 5. The smallest absolute Gasteiger partial charge is 0.410 e. The number of para-hydroxylation sites is 2. The van der Waals surface area contributed by atoms with Gasteiger partial charge < -0.3 is 25.2 Å². The number of likely N-dealkylation sites (tertiary alicyclic amines) is 1. The molecule has 0 spiro atoms. The zero-order valence-corrected chi connectivity index (χ0v) is 25.1. The Morgan fingerprint density at radius 1 is 1.10 bits per heavy atom. The SMILES string of the molecule is Cc1cc(C(=O)N2Cc3cnn(C)c3Nc3ccccc32)ccc1CNC(=O)CC1CCN(C(=O)OC(C)(C)C)CC1. The fraction of sp³-hybridized carbons (Fsp3) is 0.438. The zero-order chi connectivity index (χ0) is 30.0. The number of nitrogens with zero attached hydrogens (tertiary/aromatic N) is 4. The Labute approximate surface area is 247 Å². The van der Waals surface area contributed by atoms with Gasteiger partial charge in [-0.15, -0.1) is 0 Å². The first-order chi connectivity index (χ1) is 20.0. The first-order valence-corrected chi connectivity index (χ1v) is 14.5. The van der Waals surface area contributed by atoms with Crippen LogP contribution in [0.3, 0.4) is 0 Å². The third-order valence-electron chi connectivity index (χ3n) is 7.84. The number of fused-ring (bicyclic) bond motifs is 2. The van der Waals surface area contributed by atoms with E-state index in [1.54, 1.807) is 20.7 Å². The van der Waals surface area contributed by atoms with Gasteiger partial charge in [-0.3, -0.25) is 14.3 Å². The highest BCUT2D eigenvalue weighted by Gasteiger charge is 2.29. The summed E-state index contributed by atoms with van der Waals surface area (Å²) in [5.41, 5.74) is 4.57. The van der Waals surface area contributed by atoms with Crippen LogP contribution in [0.5, 0.6) is 0 Å². The van der Waals surface area contributed by atoms with Gasteiger partial charge in [-0.05, 0) is 81.8 Å². The van der Waals surface area contributed by atoms with Crippen LogP contribution in [0, 0.1) is 12.8 Å². The van der Waals surface area contributed by atoms with Crippen LogP contribution in [0.25, 0.3) is 0 Å². The van der Waals surface area contributed by atoms with E-state index in [2.05, 4.69) is 15.7 Å². The molecule has 0 radical (unpaired) electrons. The second kappa shape index (κ2) is 11.9. The molecule has 3 amide bonds. The second-order valence-corrected chi connectivity index (χ2v) is 12.2. The number of nitrogens with one attached hydrogen (secondary N) is 2. The zero-order valence-electron chi connectivity index (χ0n) is 25.1. The number of carbonyl (C=O) groups excluding carboxylic acids is 3. The van der Waals surface area contributed by atoms with Crippen molar-refractivity contribution in [3.63, 3.8) is 0 Å². The lowest BCUT2D eigenvalue weighted by atomic mass is 9.93. The molecule has 0 unspecified atom stereocenters. The predicted octanol–water partition coefficient (Wildman–Crippen LogP) is 5.29. The minimum atomic E-state index is -0.517. The number of piperidine rings is 1. The Morgan fingerprint density at radius 3 is 2.55 bits per heavy atom. The molecule has 42 heavy (non-hydrogen) atoms. The molecule has 1 aromatic heterocycles. The summed E-state index contributed by atoms with van der Waals surface area (Å²) in [4.78, 5) is 42.3. The summed E-state index contributed by atoms with van der Waals surface area (Å²) in [6.45, 7) is 9.53. The number of aromatic nitrogens is 2. The van der Waals surface area contributed by atoms with Gasteiger partial charge in [-0.1, -0.05) is 18.2 Å². The predicted molar refractivity (Wildman–Crippen MR) is 162 cm³/mol. The van der Waals surface area contributed by atoms with E-state index in [0.717, 1.165) is 46.7 Å². The van der Waals surface area contributed by atoms with Gasteiger partial charge in [0.05, 0.1) is 24.1 Å². The van der Waals surface area contributed by atoms with Crippen molar-refractivity contribution in [2.75, 3.05) is 23.3 Å². The molecule has 0 aliphatic carbocycles.